The van der Waals surface area contributed by atoms with Gasteiger partial charge in [-0.25, -0.2) is 0 Å². The van der Waals surface area contributed by atoms with Crippen LogP contribution in [0.15, 0.2) is 0 Å². The van der Waals surface area contributed by atoms with E-state index in [1.165, 1.54) is 0 Å². The normalized spacial score (nSPS) is 15.4. The Balaban J connectivity index is 3.40. The molecule has 2 unspecified atom stereocenters. The van der Waals surface area contributed by atoms with Crippen molar-refractivity contribution in [2.45, 2.75) is 19.4 Å². The second kappa shape index (κ2) is 9.40. The third-order valence-corrected chi connectivity index (χ3v) is 2.21. The van der Waals surface area contributed by atoms with E-state index in [0.29, 0.717) is 12.5 Å². The van der Waals surface area contributed by atoms with Gasteiger partial charge in [0, 0.05) is 20.8 Å². The van der Waals surface area contributed by atoms with Gasteiger partial charge in [-0.1, -0.05) is 6.92 Å². The molecule has 0 aliphatic carbocycles. The van der Waals surface area contributed by atoms with E-state index in [1.54, 1.807) is 14.2 Å². The van der Waals surface area contributed by atoms with Crippen LogP contribution in [0.4, 0.5) is 0 Å². The summed E-state index contributed by atoms with van der Waals surface area (Å²) in [6.07, 6.45) is 1.21. The first-order chi connectivity index (χ1) is 6.74. The van der Waals surface area contributed by atoms with Crippen molar-refractivity contribution in [3.8, 4) is 0 Å². The highest BCUT2D eigenvalue weighted by atomic mass is 16.5. The van der Waals surface area contributed by atoms with Crippen LogP contribution in [0.25, 0.3) is 0 Å². The van der Waals surface area contributed by atoms with Crippen molar-refractivity contribution in [2.75, 3.05) is 40.5 Å². The van der Waals surface area contributed by atoms with Gasteiger partial charge >= 0.3 is 0 Å². The van der Waals surface area contributed by atoms with Crippen LogP contribution in [0.3, 0.4) is 0 Å². The monoisotopic (exact) mass is 204 g/mol. The second-order valence-corrected chi connectivity index (χ2v) is 3.65. The molecule has 3 N–H and O–H groups in total. The molecule has 0 aliphatic rings. The van der Waals surface area contributed by atoms with E-state index < -0.39 is 0 Å². The van der Waals surface area contributed by atoms with Crippen molar-refractivity contribution < 1.29 is 9.47 Å². The van der Waals surface area contributed by atoms with E-state index >= 15 is 0 Å². The Labute approximate surface area is 87.1 Å². The smallest absolute Gasteiger partial charge is 0.0928 e. The van der Waals surface area contributed by atoms with Gasteiger partial charge in [0.1, 0.15) is 0 Å². The van der Waals surface area contributed by atoms with Gasteiger partial charge in [0.25, 0.3) is 0 Å². The molecule has 0 aromatic carbocycles. The zero-order valence-corrected chi connectivity index (χ0v) is 9.58. The fourth-order valence-electron chi connectivity index (χ4n) is 1.27. The fourth-order valence-corrected chi connectivity index (χ4v) is 1.27. The molecule has 0 spiro atoms. The molecule has 0 aromatic heterocycles. The number of nitrogens with one attached hydrogen (secondary N) is 1. The number of hydrogen-bond acceptors (Lipinski definition) is 4. The van der Waals surface area contributed by atoms with Crippen LogP contribution in [0, 0.1) is 5.92 Å². The van der Waals surface area contributed by atoms with Crippen LogP contribution in [-0.2, 0) is 9.47 Å². The van der Waals surface area contributed by atoms with Crippen molar-refractivity contribution in [2.24, 2.45) is 11.7 Å². The molecule has 4 heteroatoms. The highest BCUT2D eigenvalue weighted by molar-refractivity contribution is 4.63. The van der Waals surface area contributed by atoms with E-state index in [2.05, 4.69) is 12.2 Å². The first kappa shape index (κ1) is 13.8. The minimum Gasteiger partial charge on any atom is -0.382 e. The lowest BCUT2D eigenvalue weighted by Crippen LogP contribution is -2.34. The van der Waals surface area contributed by atoms with Crippen molar-refractivity contribution in [1.29, 1.82) is 0 Å². The number of rotatable bonds is 9. The highest BCUT2D eigenvalue weighted by Crippen LogP contribution is 1.97. The number of ether oxygens (including phenoxy) is 2. The SMILES string of the molecule is COCC(CNCC(C)CCN)OC. The molecular weight excluding hydrogens is 180 g/mol. The van der Waals surface area contributed by atoms with Crippen LogP contribution in [-0.4, -0.2) is 46.6 Å². The van der Waals surface area contributed by atoms with Crippen molar-refractivity contribution in [3.05, 3.63) is 0 Å². The van der Waals surface area contributed by atoms with E-state index in [-0.39, 0.29) is 6.10 Å². The van der Waals surface area contributed by atoms with Crippen LogP contribution in [0.2, 0.25) is 0 Å². The summed E-state index contributed by atoms with van der Waals surface area (Å²) in [4.78, 5) is 0. The Morgan fingerprint density at radius 2 is 2.00 bits per heavy atom. The molecule has 4 nitrogen and oxygen atoms in total. The molecule has 0 saturated carbocycles. The Kier molecular flexibility index (Phi) is 9.29. The predicted octanol–water partition coefficient (Wildman–Crippen LogP) is 0.222. The molecule has 86 valence electrons. The quantitative estimate of drug-likeness (QED) is 0.564. The van der Waals surface area contributed by atoms with Crippen molar-refractivity contribution in [3.63, 3.8) is 0 Å². The molecule has 0 radical (unpaired) electrons. The van der Waals surface area contributed by atoms with Gasteiger partial charge in [-0.05, 0) is 25.4 Å². The largest absolute Gasteiger partial charge is 0.382 e. The predicted molar refractivity (Wildman–Crippen MR) is 58.4 cm³/mol. The van der Waals surface area contributed by atoms with Gasteiger partial charge in [-0.3, -0.25) is 0 Å². The van der Waals surface area contributed by atoms with Gasteiger partial charge in [-0.15, -0.1) is 0 Å². The van der Waals surface area contributed by atoms with Crippen LogP contribution >= 0.6 is 0 Å². The molecular formula is C10H24N2O2. The number of methoxy groups -OCH3 is 2. The van der Waals surface area contributed by atoms with Crippen LogP contribution < -0.4 is 11.1 Å². The molecule has 0 rings (SSSR count). The lowest BCUT2D eigenvalue weighted by molar-refractivity contribution is 0.0286. The van der Waals surface area contributed by atoms with Crippen molar-refractivity contribution >= 4 is 0 Å². The van der Waals surface area contributed by atoms with E-state index in [9.17, 15) is 0 Å². The van der Waals surface area contributed by atoms with Crippen molar-refractivity contribution in [1.82, 2.24) is 5.32 Å². The summed E-state index contributed by atoms with van der Waals surface area (Å²) >= 11 is 0. The van der Waals surface area contributed by atoms with E-state index in [1.807, 2.05) is 0 Å². The first-order valence-electron chi connectivity index (χ1n) is 5.17. The topological polar surface area (TPSA) is 56.5 Å². The minimum atomic E-state index is 0.144. The maximum absolute atomic E-state index is 5.46. The Morgan fingerprint density at radius 3 is 2.50 bits per heavy atom. The van der Waals surface area contributed by atoms with Crippen LogP contribution in [0.1, 0.15) is 13.3 Å². The Hall–Kier alpha value is -0.160. The molecule has 0 aromatic rings. The fraction of sp³-hybridized carbons (Fsp3) is 1.00. The summed E-state index contributed by atoms with van der Waals surface area (Å²) in [7, 11) is 3.39. The third kappa shape index (κ3) is 7.26. The van der Waals surface area contributed by atoms with E-state index in [0.717, 1.165) is 26.1 Å². The summed E-state index contributed by atoms with van der Waals surface area (Å²) in [6, 6.07) is 0. The lowest BCUT2D eigenvalue weighted by atomic mass is 10.1. The molecule has 0 aliphatic heterocycles. The Morgan fingerprint density at radius 1 is 1.29 bits per heavy atom. The van der Waals surface area contributed by atoms with Gasteiger partial charge in [0.2, 0.25) is 0 Å². The van der Waals surface area contributed by atoms with Gasteiger partial charge < -0.3 is 20.5 Å². The average Bonchev–Trinajstić information content (AvgIpc) is 2.17. The molecule has 0 saturated heterocycles. The van der Waals surface area contributed by atoms with E-state index in [4.69, 9.17) is 15.2 Å². The summed E-state index contributed by atoms with van der Waals surface area (Å²) in [5.74, 6) is 0.625. The molecule has 0 fully saturated rings. The Bertz CT molecular complexity index is 123. The number of hydrogen-bond donors (Lipinski definition) is 2. The summed E-state index contributed by atoms with van der Waals surface area (Å²) in [5.41, 5.74) is 5.46. The molecule has 2 atom stereocenters. The average molecular weight is 204 g/mol. The molecule has 0 heterocycles. The van der Waals surface area contributed by atoms with Gasteiger partial charge in [-0.2, -0.15) is 0 Å². The summed E-state index contributed by atoms with van der Waals surface area (Å²) in [6.45, 7) is 5.40. The first-order valence-corrected chi connectivity index (χ1v) is 5.17. The lowest BCUT2D eigenvalue weighted by Gasteiger charge is -2.17. The number of nitrogens with two attached hydrogens (primary N) is 1. The summed E-state index contributed by atoms with van der Waals surface area (Å²) in [5, 5.41) is 3.35. The van der Waals surface area contributed by atoms with Gasteiger partial charge in [0.05, 0.1) is 12.7 Å². The molecule has 0 bridgehead atoms. The second-order valence-electron chi connectivity index (χ2n) is 3.65. The van der Waals surface area contributed by atoms with Crippen LogP contribution in [0.5, 0.6) is 0 Å². The third-order valence-electron chi connectivity index (χ3n) is 2.21. The maximum Gasteiger partial charge on any atom is 0.0928 e. The summed E-state index contributed by atoms with van der Waals surface area (Å²) < 4.78 is 10.2. The zero-order chi connectivity index (χ0) is 10.8. The van der Waals surface area contributed by atoms with Gasteiger partial charge in [0.15, 0.2) is 0 Å². The standard InChI is InChI=1S/C10H24N2O2/c1-9(4-5-11)6-12-7-10(14-3)8-13-2/h9-10,12H,4-8,11H2,1-3H3. The molecule has 0 amide bonds. The minimum absolute atomic E-state index is 0.144. The maximum atomic E-state index is 5.46. The highest BCUT2D eigenvalue weighted by Gasteiger charge is 2.06. The molecule has 14 heavy (non-hydrogen) atoms. The zero-order valence-electron chi connectivity index (χ0n) is 9.58.